The van der Waals surface area contributed by atoms with Crippen LogP contribution in [-0.2, 0) is 20.9 Å². The summed E-state index contributed by atoms with van der Waals surface area (Å²) in [5.41, 5.74) is 1.04. The SMILES string of the molecule is O=C(COC(=O)Cn1c2ccccc2c(=O)c2ccccc21)Nc1ccc(Br)cc1F. The van der Waals surface area contributed by atoms with Gasteiger partial charge in [-0.1, -0.05) is 40.2 Å². The van der Waals surface area contributed by atoms with Crippen molar-refractivity contribution in [1.29, 1.82) is 0 Å². The van der Waals surface area contributed by atoms with Crippen molar-refractivity contribution < 1.29 is 18.7 Å². The van der Waals surface area contributed by atoms with Gasteiger partial charge in [-0.2, -0.15) is 0 Å². The summed E-state index contributed by atoms with van der Waals surface area (Å²) in [5.74, 6) is -1.94. The van der Waals surface area contributed by atoms with Crippen molar-refractivity contribution >= 4 is 55.3 Å². The second-order valence-electron chi connectivity index (χ2n) is 6.78. The van der Waals surface area contributed by atoms with Crippen LogP contribution >= 0.6 is 15.9 Å². The highest BCUT2D eigenvalue weighted by atomic mass is 79.9. The minimum Gasteiger partial charge on any atom is -0.454 e. The summed E-state index contributed by atoms with van der Waals surface area (Å²) in [5, 5.41) is 3.33. The van der Waals surface area contributed by atoms with Gasteiger partial charge in [0.15, 0.2) is 12.0 Å². The molecule has 0 spiro atoms. The minimum atomic E-state index is -0.663. The number of rotatable bonds is 5. The molecule has 1 amide bonds. The number of fused-ring (bicyclic) bond motifs is 2. The van der Waals surface area contributed by atoms with Crippen molar-refractivity contribution in [3.8, 4) is 0 Å². The largest absolute Gasteiger partial charge is 0.454 e. The summed E-state index contributed by atoms with van der Waals surface area (Å²) in [4.78, 5) is 37.3. The van der Waals surface area contributed by atoms with Gasteiger partial charge in [-0.15, -0.1) is 0 Å². The van der Waals surface area contributed by atoms with Gasteiger partial charge < -0.3 is 14.6 Å². The van der Waals surface area contributed by atoms with E-state index in [1.165, 1.54) is 12.1 Å². The van der Waals surface area contributed by atoms with E-state index in [1.807, 2.05) is 0 Å². The van der Waals surface area contributed by atoms with Crippen molar-refractivity contribution in [2.45, 2.75) is 6.54 Å². The Morgan fingerprint density at radius 3 is 2.19 bits per heavy atom. The zero-order valence-electron chi connectivity index (χ0n) is 16.1. The number of anilines is 1. The molecule has 0 aliphatic rings. The molecule has 31 heavy (non-hydrogen) atoms. The molecule has 156 valence electrons. The van der Waals surface area contributed by atoms with Crippen molar-refractivity contribution in [3.63, 3.8) is 0 Å². The van der Waals surface area contributed by atoms with Gasteiger partial charge in [-0.05, 0) is 42.5 Å². The van der Waals surface area contributed by atoms with E-state index >= 15 is 0 Å². The van der Waals surface area contributed by atoms with Crippen molar-refractivity contribution in [3.05, 3.63) is 87.2 Å². The Labute approximate surface area is 184 Å². The molecular formula is C23H16BrFN2O4. The molecule has 4 aromatic rings. The number of benzene rings is 3. The normalized spacial score (nSPS) is 10.9. The molecule has 0 bridgehead atoms. The fraction of sp³-hybridized carbons (Fsp3) is 0.0870. The third-order valence-electron chi connectivity index (χ3n) is 4.74. The maximum absolute atomic E-state index is 13.8. The van der Waals surface area contributed by atoms with Crippen LogP contribution in [0.25, 0.3) is 21.8 Å². The van der Waals surface area contributed by atoms with E-state index in [2.05, 4.69) is 21.2 Å². The Kier molecular flexibility index (Phi) is 5.81. The van der Waals surface area contributed by atoms with Crippen LogP contribution in [0.3, 0.4) is 0 Å². The fourth-order valence-electron chi connectivity index (χ4n) is 3.35. The lowest BCUT2D eigenvalue weighted by molar-refractivity contribution is -0.147. The Bertz CT molecular complexity index is 1320. The molecular weight excluding hydrogens is 467 g/mol. The molecule has 3 aromatic carbocycles. The summed E-state index contributed by atoms with van der Waals surface area (Å²) in [7, 11) is 0. The second kappa shape index (κ2) is 8.69. The highest BCUT2D eigenvalue weighted by molar-refractivity contribution is 9.10. The van der Waals surface area contributed by atoms with Gasteiger partial charge in [0.25, 0.3) is 5.91 Å². The number of nitrogens with zero attached hydrogens (tertiary/aromatic N) is 1. The van der Waals surface area contributed by atoms with E-state index in [-0.39, 0.29) is 17.7 Å². The van der Waals surface area contributed by atoms with E-state index in [0.717, 1.165) is 0 Å². The van der Waals surface area contributed by atoms with Crippen LogP contribution in [0.1, 0.15) is 0 Å². The lowest BCUT2D eigenvalue weighted by Gasteiger charge is -2.14. The average Bonchev–Trinajstić information content (AvgIpc) is 2.77. The van der Waals surface area contributed by atoms with Crippen LogP contribution in [0.4, 0.5) is 10.1 Å². The van der Waals surface area contributed by atoms with Gasteiger partial charge in [0.1, 0.15) is 12.4 Å². The summed E-state index contributed by atoms with van der Waals surface area (Å²) < 4.78 is 21.2. The molecule has 0 aliphatic heterocycles. The fourth-order valence-corrected chi connectivity index (χ4v) is 3.68. The first kappa shape index (κ1) is 20.7. The van der Waals surface area contributed by atoms with Gasteiger partial charge in [0.05, 0.1) is 16.7 Å². The lowest BCUT2D eigenvalue weighted by Crippen LogP contribution is -2.24. The van der Waals surface area contributed by atoms with E-state index in [0.29, 0.717) is 26.3 Å². The summed E-state index contributed by atoms with van der Waals surface area (Å²) in [6.45, 7) is -0.758. The molecule has 1 heterocycles. The molecule has 0 atom stereocenters. The number of carbonyl (C=O) groups excluding carboxylic acids is 2. The van der Waals surface area contributed by atoms with Gasteiger partial charge in [-0.25, -0.2) is 4.39 Å². The van der Waals surface area contributed by atoms with E-state index in [9.17, 15) is 18.8 Å². The molecule has 0 fully saturated rings. The molecule has 1 N–H and O–H groups in total. The number of halogens is 2. The monoisotopic (exact) mass is 482 g/mol. The van der Waals surface area contributed by atoms with Crippen LogP contribution in [0.15, 0.2) is 76.0 Å². The maximum Gasteiger partial charge on any atom is 0.326 e. The zero-order valence-corrected chi connectivity index (χ0v) is 17.7. The van der Waals surface area contributed by atoms with E-state index < -0.39 is 24.3 Å². The number of nitrogens with one attached hydrogen (secondary N) is 1. The Hall–Kier alpha value is -3.52. The van der Waals surface area contributed by atoms with Gasteiger partial charge in [-0.3, -0.25) is 14.4 Å². The number of hydrogen-bond acceptors (Lipinski definition) is 4. The van der Waals surface area contributed by atoms with Crippen LogP contribution in [-0.4, -0.2) is 23.1 Å². The zero-order chi connectivity index (χ0) is 22.0. The molecule has 8 heteroatoms. The Balaban J connectivity index is 1.53. The van der Waals surface area contributed by atoms with Crippen molar-refractivity contribution in [1.82, 2.24) is 4.57 Å². The topological polar surface area (TPSA) is 77.4 Å². The van der Waals surface area contributed by atoms with Gasteiger partial charge >= 0.3 is 5.97 Å². The number of pyridine rings is 1. The van der Waals surface area contributed by atoms with Gasteiger partial charge in [0, 0.05) is 15.2 Å². The summed E-state index contributed by atoms with van der Waals surface area (Å²) in [6.07, 6.45) is 0. The molecule has 0 saturated carbocycles. The molecule has 0 unspecified atom stereocenters. The maximum atomic E-state index is 13.8. The molecule has 1 aromatic heterocycles. The molecule has 0 radical (unpaired) electrons. The lowest BCUT2D eigenvalue weighted by atomic mass is 10.1. The summed E-state index contributed by atoms with van der Waals surface area (Å²) in [6, 6.07) is 18.2. The third-order valence-corrected chi connectivity index (χ3v) is 5.23. The molecule has 0 saturated heterocycles. The van der Waals surface area contributed by atoms with Crippen LogP contribution in [0.2, 0.25) is 0 Å². The first-order chi connectivity index (χ1) is 14.9. The quantitative estimate of drug-likeness (QED) is 0.341. The van der Waals surface area contributed by atoms with E-state index in [4.69, 9.17) is 4.74 Å². The second-order valence-corrected chi connectivity index (χ2v) is 7.70. The average molecular weight is 483 g/mol. The first-order valence-electron chi connectivity index (χ1n) is 9.35. The Morgan fingerprint density at radius 2 is 1.58 bits per heavy atom. The number of aromatic nitrogens is 1. The third kappa shape index (κ3) is 4.34. The highest BCUT2D eigenvalue weighted by Gasteiger charge is 2.15. The summed E-state index contributed by atoms with van der Waals surface area (Å²) >= 11 is 3.14. The number of para-hydroxylation sites is 2. The molecule has 6 nitrogen and oxygen atoms in total. The first-order valence-corrected chi connectivity index (χ1v) is 10.1. The van der Waals surface area contributed by atoms with Crippen LogP contribution in [0, 0.1) is 5.82 Å². The predicted octanol–water partition coefficient (Wildman–Crippen LogP) is 4.24. The van der Waals surface area contributed by atoms with Gasteiger partial charge in [0.2, 0.25) is 0 Å². The predicted molar refractivity (Wildman–Crippen MR) is 119 cm³/mol. The number of ether oxygens (including phenoxy) is 1. The number of esters is 1. The number of amides is 1. The minimum absolute atomic E-state index is 0.0124. The molecule has 4 rings (SSSR count). The smallest absolute Gasteiger partial charge is 0.326 e. The highest BCUT2D eigenvalue weighted by Crippen LogP contribution is 2.20. The van der Waals surface area contributed by atoms with Crippen LogP contribution in [0.5, 0.6) is 0 Å². The number of hydrogen-bond donors (Lipinski definition) is 1. The van der Waals surface area contributed by atoms with Crippen LogP contribution < -0.4 is 10.7 Å². The van der Waals surface area contributed by atoms with E-state index in [1.54, 1.807) is 59.2 Å². The van der Waals surface area contributed by atoms with Crippen molar-refractivity contribution in [2.24, 2.45) is 0 Å². The Morgan fingerprint density at radius 1 is 0.968 bits per heavy atom. The number of carbonyl (C=O) groups is 2. The molecule has 0 aliphatic carbocycles. The van der Waals surface area contributed by atoms with Crippen molar-refractivity contribution in [2.75, 3.05) is 11.9 Å². The standard InChI is InChI=1S/C23H16BrFN2O4/c24-14-9-10-18(17(25)11-14)26-21(28)13-31-22(29)12-27-19-7-3-1-5-15(19)23(30)16-6-2-4-8-20(16)27/h1-11H,12-13H2,(H,26,28).